The second-order valence-corrected chi connectivity index (χ2v) is 7.03. The fraction of sp³-hybridized carbons (Fsp3) is 0.222. The van der Waals surface area contributed by atoms with Crippen molar-refractivity contribution < 1.29 is 17.9 Å². The van der Waals surface area contributed by atoms with Crippen LogP contribution in [0.25, 0.3) is 6.08 Å². The van der Waals surface area contributed by atoms with Crippen LogP contribution in [0.15, 0.2) is 47.9 Å². The Bertz CT molecular complexity index is 833. The minimum Gasteiger partial charge on any atom is -0.490 e. The molecule has 0 fully saturated rings. The summed E-state index contributed by atoms with van der Waals surface area (Å²) in [6.45, 7) is 4.66. The van der Waals surface area contributed by atoms with Gasteiger partial charge < -0.3 is 9.47 Å². The maximum absolute atomic E-state index is 12.2. The zero-order valence-corrected chi connectivity index (χ0v) is 15.6. The molecule has 0 heterocycles. The van der Waals surface area contributed by atoms with Gasteiger partial charge in [0.05, 0.1) is 24.3 Å². The van der Waals surface area contributed by atoms with E-state index < -0.39 is 10.0 Å². The smallest absolute Gasteiger partial charge is 0.255 e. The lowest BCUT2D eigenvalue weighted by molar-refractivity contribution is 0.288. The van der Waals surface area contributed by atoms with Gasteiger partial charge in [-0.1, -0.05) is 23.7 Å². The predicted molar refractivity (Wildman–Crippen MR) is 102 cm³/mol. The number of ether oxygens (including phenoxy) is 2. The van der Waals surface area contributed by atoms with Gasteiger partial charge in [0.15, 0.2) is 11.5 Å². The zero-order chi connectivity index (χ0) is 18.3. The zero-order valence-electron chi connectivity index (χ0n) is 14.0. The molecule has 2 rings (SSSR count). The molecule has 0 spiro atoms. The van der Waals surface area contributed by atoms with Crippen molar-refractivity contribution in [2.45, 2.75) is 13.8 Å². The van der Waals surface area contributed by atoms with Gasteiger partial charge in [-0.25, -0.2) is 8.42 Å². The first-order valence-corrected chi connectivity index (χ1v) is 9.72. The molecule has 0 saturated heterocycles. The topological polar surface area (TPSA) is 64.6 Å². The molecule has 0 radical (unpaired) electrons. The summed E-state index contributed by atoms with van der Waals surface area (Å²) in [5.41, 5.74) is 1.13. The van der Waals surface area contributed by atoms with Crippen LogP contribution in [-0.2, 0) is 10.0 Å². The minimum absolute atomic E-state index is 0.396. The van der Waals surface area contributed by atoms with E-state index in [4.69, 9.17) is 21.1 Å². The molecule has 0 bridgehead atoms. The maximum atomic E-state index is 12.2. The molecule has 0 atom stereocenters. The van der Waals surface area contributed by atoms with Crippen molar-refractivity contribution in [3.05, 3.63) is 58.5 Å². The Balaban J connectivity index is 2.16. The van der Waals surface area contributed by atoms with Crippen molar-refractivity contribution in [1.82, 2.24) is 0 Å². The normalized spacial score (nSPS) is 11.5. The molecule has 0 amide bonds. The van der Waals surface area contributed by atoms with Crippen molar-refractivity contribution in [1.29, 1.82) is 0 Å². The highest BCUT2D eigenvalue weighted by Gasteiger charge is 2.10. The van der Waals surface area contributed by atoms with Crippen molar-refractivity contribution in [2.24, 2.45) is 0 Å². The Morgan fingerprint density at radius 1 is 1.00 bits per heavy atom. The number of hydrogen-bond acceptors (Lipinski definition) is 4. The number of hydrogen-bond donors (Lipinski definition) is 1. The number of nitrogens with one attached hydrogen (secondary N) is 1. The molecule has 0 saturated carbocycles. The van der Waals surface area contributed by atoms with Gasteiger partial charge >= 0.3 is 0 Å². The van der Waals surface area contributed by atoms with E-state index in [9.17, 15) is 8.42 Å². The van der Waals surface area contributed by atoms with Gasteiger partial charge in [-0.15, -0.1) is 0 Å². The summed E-state index contributed by atoms with van der Waals surface area (Å²) in [6.07, 6.45) is 1.50. The van der Waals surface area contributed by atoms with E-state index in [1.807, 2.05) is 13.8 Å². The van der Waals surface area contributed by atoms with Gasteiger partial charge in [0, 0.05) is 11.1 Å². The summed E-state index contributed by atoms with van der Waals surface area (Å²) in [4.78, 5) is 0. The quantitative estimate of drug-likeness (QED) is 0.728. The van der Waals surface area contributed by atoms with Crippen molar-refractivity contribution in [3.8, 4) is 11.5 Å². The fourth-order valence-electron chi connectivity index (χ4n) is 2.05. The van der Waals surface area contributed by atoms with Crippen LogP contribution in [0.2, 0.25) is 5.02 Å². The Hall–Kier alpha value is -2.18. The predicted octanol–water partition coefficient (Wildman–Crippen LogP) is 4.55. The molecule has 25 heavy (non-hydrogen) atoms. The molecule has 0 aliphatic rings. The maximum Gasteiger partial charge on any atom is 0.255 e. The first-order valence-electron chi connectivity index (χ1n) is 7.79. The van der Waals surface area contributed by atoms with E-state index in [1.54, 1.807) is 42.5 Å². The van der Waals surface area contributed by atoms with Crippen LogP contribution in [0.3, 0.4) is 0 Å². The monoisotopic (exact) mass is 381 g/mol. The van der Waals surface area contributed by atoms with Gasteiger partial charge in [0.25, 0.3) is 10.0 Å². The van der Waals surface area contributed by atoms with Crippen LogP contribution in [0.1, 0.15) is 19.4 Å². The van der Waals surface area contributed by atoms with E-state index in [0.717, 1.165) is 11.0 Å². The Morgan fingerprint density at radius 3 is 2.28 bits per heavy atom. The second-order valence-electron chi connectivity index (χ2n) is 5.03. The molecule has 0 aromatic heterocycles. The lowest BCUT2D eigenvalue weighted by Gasteiger charge is -2.13. The van der Waals surface area contributed by atoms with Crippen LogP contribution in [0, 0.1) is 0 Å². The molecule has 1 N–H and O–H groups in total. The summed E-state index contributed by atoms with van der Waals surface area (Å²) in [6, 6.07) is 11.8. The molecule has 134 valence electrons. The van der Waals surface area contributed by atoms with Crippen molar-refractivity contribution in [3.63, 3.8) is 0 Å². The fourth-order valence-corrected chi connectivity index (χ4v) is 3.04. The Labute approximate surface area is 153 Å². The van der Waals surface area contributed by atoms with Gasteiger partial charge in [-0.05, 0) is 49.8 Å². The SMILES string of the molecule is CCOc1ccc(NS(=O)(=O)/C=C/c2ccc(Cl)cc2)cc1OCC. The van der Waals surface area contributed by atoms with E-state index in [1.165, 1.54) is 6.08 Å². The molecular weight excluding hydrogens is 362 g/mol. The second kappa shape index (κ2) is 8.78. The molecule has 0 aliphatic heterocycles. The van der Waals surface area contributed by atoms with Gasteiger partial charge in [-0.2, -0.15) is 0 Å². The van der Waals surface area contributed by atoms with Gasteiger partial charge in [0.1, 0.15) is 0 Å². The highest BCUT2D eigenvalue weighted by Crippen LogP contribution is 2.31. The van der Waals surface area contributed by atoms with Crippen molar-refractivity contribution in [2.75, 3.05) is 17.9 Å². The summed E-state index contributed by atoms with van der Waals surface area (Å²) < 4.78 is 37.9. The van der Waals surface area contributed by atoms with Crippen LogP contribution in [-0.4, -0.2) is 21.6 Å². The number of rotatable bonds is 8. The first kappa shape index (κ1) is 19.1. The summed E-state index contributed by atoms with van der Waals surface area (Å²) in [7, 11) is -3.66. The lowest BCUT2D eigenvalue weighted by Crippen LogP contribution is -2.09. The number of halogens is 1. The summed E-state index contributed by atoms with van der Waals surface area (Å²) in [5.74, 6) is 1.07. The summed E-state index contributed by atoms with van der Waals surface area (Å²) >= 11 is 5.81. The van der Waals surface area contributed by atoms with Crippen LogP contribution < -0.4 is 14.2 Å². The Morgan fingerprint density at radius 2 is 1.64 bits per heavy atom. The number of anilines is 1. The van der Waals surface area contributed by atoms with E-state index in [0.29, 0.717) is 35.4 Å². The third-order valence-electron chi connectivity index (χ3n) is 3.11. The number of sulfonamides is 1. The Kier molecular flexibility index (Phi) is 6.73. The van der Waals surface area contributed by atoms with Crippen molar-refractivity contribution >= 4 is 33.4 Å². The average molecular weight is 382 g/mol. The van der Waals surface area contributed by atoms with Crippen LogP contribution in [0.5, 0.6) is 11.5 Å². The number of benzene rings is 2. The van der Waals surface area contributed by atoms with Gasteiger partial charge in [-0.3, -0.25) is 4.72 Å². The van der Waals surface area contributed by atoms with E-state index in [2.05, 4.69) is 4.72 Å². The molecule has 0 unspecified atom stereocenters. The average Bonchev–Trinajstić information content (AvgIpc) is 2.57. The van der Waals surface area contributed by atoms with E-state index >= 15 is 0 Å². The first-order chi connectivity index (χ1) is 11.9. The largest absolute Gasteiger partial charge is 0.490 e. The highest BCUT2D eigenvalue weighted by atomic mass is 35.5. The lowest BCUT2D eigenvalue weighted by atomic mass is 10.2. The van der Waals surface area contributed by atoms with Crippen LogP contribution >= 0.6 is 11.6 Å². The highest BCUT2D eigenvalue weighted by molar-refractivity contribution is 7.95. The third kappa shape index (κ3) is 5.99. The van der Waals surface area contributed by atoms with E-state index in [-0.39, 0.29) is 0 Å². The van der Waals surface area contributed by atoms with Crippen LogP contribution in [0.4, 0.5) is 5.69 Å². The molecule has 0 aliphatic carbocycles. The minimum atomic E-state index is -3.66. The van der Waals surface area contributed by atoms with Gasteiger partial charge in [0.2, 0.25) is 0 Å². The molecule has 2 aromatic carbocycles. The molecular formula is C18H20ClNO4S. The molecule has 7 heteroatoms. The summed E-state index contributed by atoms with van der Waals surface area (Å²) in [5, 5.41) is 1.70. The molecule has 2 aromatic rings. The third-order valence-corrected chi connectivity index (χ3v) is 4.38. The standard InChI is InChI=1S/C18H20ClNO4S/c1-3-23-17-10-9-16(13-18(17)24-4-2)20-25(21,22)12-11-14-5-7-15(19)8-6-14/h5-13,20H,3-4H2,1-2H3/b12-11+. The molecule has 5 nitrogen and oxygen atoms in total.